The fourth-order valence-corrected chi connectivity index (χ4v) is 1.74. The first-order valence-corrected chi connectivity index (χ1v) is 5.57. The topological polar surface area (TPSA) is 50.4 Å². The van der Waals surface area contributed by atoms with Gasteiger partial charge in [-0.2, -0.15) is 0 Å². The number of carbonyl (C=O) groups excluding carboxylic acids is 1. The average molecular weight is 214 g/mol. The molecule has 0 spiro atoms. The number of nitrogens with one attached hydrogen (secondary N) is 2. The molecule has 4 nitrogen and oxygen atoms in total. The van der Waals surface area contributed by atoms with Gasteiger partial charge in [-0.05, 0) is 39.7 Å². The van der Waals surface area contributed by atoms with Crippen LogP contribution in [0.25, 0.3) is 0 Å². The molecule has 1 heterocycles. The van der Waals surface area contributed by atoms with E-state index in [-0.39, 0.29) is 12.1 Å². The Labute approximate surface area is 91.8 Å². The molecule has 1 aliphatic heterocycles. The summed E-state index contributed by atoms with van der Waals surface area (Å²) in [7, 11) is 0. The van der Waals surface area contributed by atoms with Crippen molar-refractivity contribution in [3.8, 4) is 0 Å². The van der Waals surface area contributed by atoms with Crippen LogP contribution < -0.4 is 10.6 Å². The summed E-state index contributed by atoms with van der Waals surface area (Å²) in [5, 5.41) is 6.16. The summed E-state index contributed by atoms with van der Waals surface area (Å²) < 4.78 is 5.20. The van der Waals surface area contributed by atoms with Crippen LogP contribution in [0.15, 0.2) is 0 Å². The zero-order valence-corrected chi connectivity index (χ0v) is 10.1. The second-order valence-corrected chi connectivity index (χ2v) is 5.34. The molecule has 2 unspecified atom stereocenters. The second kappa shape index (κ2) is 4.84. The lowest BCUT2D eigenvalue weighted by Gasteiger charge is -2.29. The van der Waals surface area contributed by atoms with Gasteiger partial charge in [-0.1, -0.05) is 6.92 Å². The van der Waals surface area contributed by atoms with Gasteiger partial charge in [-0.25, -0.2) is 4.79 Å². The van der Waals surface area contributed by atoms with Crippen LogP contribution in [0, 0.1) is 5.92 Å². The van der Waals surface area contributed by atoms with Crippen LogP contribution in [0.3, 0.4) is 0 Å². The largest absolute Gasteiger partial charge is 0.444 e. The standard InChI is InChI=1S/C11H22N2O2/c1-8-5-9(7-12-6-8)13-10(14)15-11(2,3)4/h8-9,12H,5-7H2,1-4H3,(H,13,14). The fourth-order valence-electron chi connectivity index (χ4n) is 1.74. The van der Waals surface area contributed by atoms with Crippen molar-refractivity contribution in [2.75, 3.05) is 13.1 Å². The van der Waals surface area contributed by atoms with E-state index in [4.69, 9.17) is 4.74 Å². The van der Waals surface area contributed by atoms with Crippen molar-refractivity contribution >= 4 is 6.09 Å². The van der Waals surface area contributed by atoms with Crippen molar-refractivity contribution in [2.45, 2.75) is 45.8 Å². The first-order valence-electron chi connectivity index (χ1n) is 5.57. The van der Waals surface area contributed by atoms with Gasteiger partial charge < -0.3 is 15.4 Å². The Morgan fingerprint density at radius 3 is 2.60 bits per heavy atom. The van der Waals surface area contributed by atoms with Crippen LogP contribution in [0.5, 0.6) is 0 Å². The summed E-state index contributed by atoms with van der Waals surface area (Å²) in [5.74, 6) is 0.610. The Bertz CT molecular complexity index is 223. The third-order valence-corrected chi connectivity index (χ3v) is 2.29. The normalized spacial score (nSPS) is 27.2. The van der Waals surface area contributed by atoms with Gasteiger partial charge in [0.1, 0.15) is 5.60 Å². The van der Waals surface area contributed by atoms with Gasteiger partial charge in [0, 0.05) is 12.6 Å². The number of ether oxygens (including phenoxy) is 1. The number of alkyl carbamates (subject to hydrolysis) is 1. The number of piperidine rings is 1. The van der Waals surface area contributed by atoms with Gasteiger partial charge in [-0.3, -0.25) is 0 Å². The molecule has 0 bridgehead atoms. The van der Waals surface area contributed by atoms with Gasteiger partial charge in [-0.15, -0.1) is 0 Å². The Kier molecular flexibility index (Phi) is 3.97. The number of rotatable bonds is 1. The van der Waals surface area contributed by atoms with E-state index in [1.807, 2.05) is 20.8 Å². The highest BCUT2D eigenvalue weighted by molar-refractivity contribution is 5.68. The van der Waals surface area contributed by atoms with Crippen molar-refractivity contribution in [1.82, 2.24) is 10.6 Å². The maximum atomic E-state index is 11.5. The SMILES string of the molecule is CC1CNCC(NC(=O)OC(C)(C)C)C1. The predicted octanol–water partition coefficient (Wildman–Crippen LogP) is 1.51. The zero-order chi connectivity index (χ0) is 11.5. The summed E-state index contributed by atoms with van der Waals surface area (Å²) in [6.07, 6.45) is 0.704. The molecule has 0 aromatic rings. The van der Waals surface area contributed by atoms with E-state index in [9.17, 15) is 4.79 Å². The molecule has 2 N–H and O–H groups in total. The maximum absolute atomic E-state index is 11.5. The van der Waals surface area contributed by atoms with Crippen LogP contribution >= 0.6 is 0 Å². The van der Waals surface area contributed by atoms with E-state index in [2.05, 4.69) is 17.6 Å². The minimum absolute atomic E-state index is 0.198. The molecular weight excluding hydrogens is 192 g/mol. The van der Waals surface area contributed by atoms with Crippen LogP contribution in [0.4, 0.5) is 4.79 Å². The number of amides is 1. The van der Waals surface area contributed by atoms with Crippen molar-refractivity contribution in [2.24, 2.45) is 5.92 Å². The molecule has 0 radical (unpaired) electrons. The second-order valence-electron chi connectivity index (χ2n) is 5.34. The average Bonchev–Trinajstić information content (AvgIpc) is 1.99. The van der Waals surface area contributed by atoms with E-state index < -0.39 is 5.60 Å². The molecule has 1 amide bonds. The summed E-state index contributed by atoms with van der Waals surface area (Å²) in [6.45, 7) is 9.66. The molecule has 1 fully saturated rings. The third-order valence-electron chi connectivity index (χ3n) is 2.29. The molecule has 0 aromatic carbocycles. The number of hydrogen-bond acceptors (Lipinski definition) is 3. The molecule has 0 aromatic heterocycles. The maximum Gasteiger partial charge on any atom is 0.407 e. The van der Waals surface area contributed by atoms with Gasteiger partial charge in [0.25, 0.3) is 0 Å². The molecule has 1 saturated heterocycles. The van der Waals surface area contributed by atoms with Crippen molar-refractivity contribution in [3.63, 3.8) is 0 Å². The van der Waals surface area contributed by atoms with E-state index in [1.54, 1.807) is 0 Å². The van der Waals surface area contributed by atoms with Gasteiger partial charge in [0.05, 0.1) is 0 Å². The van der Waals surface area contributed by atoms with Crippen LogP contribution in [-0.4, -0.2) is 30.8 Å². The molecule has 1 rings (SSSR count). The number of carbonyl (C=O) groups is 1. The van der Waals surface area contributed by atoms with Gasteiger partial charge in [0.2, 0.25) is 0 Å². The fraction of sp³-hybridized carbons (Fsp3) is 0.909. The summed E-state index contributed by atoms with van der Waals surface area (Å²) >= 11 is 0. The highest BCUT2D eigenvalue weighted by atomic mass is 16.6. The quantitative estimate of drug-likeness (QED) is 0.695. The zero-order valence-electron chi connectivity index (χ0n) is 10.1. The minimum Gasteiger partial charge on any atom is -0.444 e. The first kappa shape index (κ1) is 12.3. The van der Waals surface area contributed by atoms with Crippen LogP contribution in [0.1, 0.15) is 34.1 Å². The molecule has 15 heavy (non-hydrogen) atoms. The van der Waals surface area contributed by atoms with Crippen LogP contribution in [0.2, 0.25) is 0 Å². The molecule has 2 atom stereocenters. The first-order chi connectivity index (χ1) is 6.87. The lowest BCUT2D eigenvalue weighted by molar-refractivity contribution is 0.0491. The monoisotopic (exact) mass is 214 g/mol. The smallest absolute Gasteiger partial charge is 0.407 e. The molecule has 4 heteroatoms. The molecule has 0 saturated carbocycles. The van der Waals surface area contributed by atoms with Crippen molar-refractivity contribution in [3.05, 3.63) is 0 Å². The highest BCUT2D eigenvalue weighted by Gasteiger charge is 2.23. The van der Waals surface area contributed by atoms with Crippen molar-refractivity contribution < 1.29 is 9.53 Å². The lowest BCUT2D eigenvalue weighted by atomic mass is 9.98. The minimum atomic E-state index is -0.419. The van der Waals surface area contributed by atoms with Crippen LogP contribution in [-0.2, 0) is 4.74 Å². The Balaban J connectivity index is 2.31. The Morgan fingerprint density at radius 1 is 1.40 bits per heavy atom. The summed E-state index contributed by atoms with van der Waals surface area (Å²) in [6, 6.07) is 0.198. The van der Waals surface area contributed by atoms with E-state index in [0.29, 0.717) is 5.92 Å². The Hall–Kier alpha value is -0.770. The molecule has 1 aliphatic rings. The highest BCUT2D eigenvalue weighted by Crippen LogP contribution is 2.11. The van der Waals surface area contributed by atoms with Crippen molar-refractivity contribution in [1.29, 1.82) is 0 Å². The Morgan fingerprint density at radius 2 is 2.07 bits per heavy atom. The molecular formula is C11H22N2O2. The van der Waals surface area contributed by atoms with Gasteiger partial charge in [0.15, 0.2) is 0 Å². The van der Waals surface area contributed by atoms with E-state index in [0.717, 1.165) is 19.5 Å². The summed E-state index contributed by atoms with van der Waals surface area (Å²) in [5.41, 5.74) is -0.419. The molecule has 88 valence electrons. The summed E-state index contributed by atoms with van der Waals surface area (Å²) in [4.78, 5) is 11.5. The lowest BCUT2D eigenvalue weighted by Crippen LogP contribution is -2.49. The number of hydrogen-bond donors (Lipinski definition) is 2. The predicted molar refractivity (Wildman–Crippen MR) is 59.8 cm³/mol. The molecule has 0 aliphatic carbocycles. The van der Waals surface area contributed by atoms with E-state index >= 15 is 0 Å². The third kappa shape index (κ3) is 5.02. The van der Waals surface area contributed by atoms with E-state index in [1.165, 1.54) is 0 Å². The van der Waals surface area contributed by atoms with Gasteiger partial charge >= 0.3 is 6.09 Å².